The van der Waals surface area contributed by atoms with E-state index in [9.17, 15) is 4.79 Å². The van der Waals surface area contributed by atoms with Crippen molar-refractivity contribution in [2.75, 3.05) is 23.3 Å². The number of carbonyl (C=O) groups excluding carboxylic acids is 1. The normalized spacial score (nSPS) is 15.5. The van der Waals surface area contributed by atoms with Crippen LogP contribution >= 0.6 is 0 Å². The molecule has 0 saturated carbocycles. The molecule has 0 unspecified atom stereocenters. The van der Waals surface area contributed by atoms with Gasteiger partial charge in [-0.25, -0.2) is 0 Å². The Hall–Kier alpha value is -2.10. The Balaban J connectivity index is 2.15. The van der Waals surface area contributed by atoms with Crippen LogP contribution in [0, 0.1) is 0 Å². The monoisotopic (exact) mass is 255 g/mol. The number of para-hydroxylation sites is 1. The lowest BCUT2D eigenvalue weighted by Crippen LogP contribution is -2.30. The third-order valence-corrected chi connectivity index (χ3v) is 3.63. The molecule has 19 heavy (non-hydrogen) atoms. The zero-order chi connectivity index (χ0) is 13.1. The van der Waals surface area contributed by atoms with Crippen molar-refractivity contribution in [3.05, 3.63) is 30.5 Å². The Kier molecular flexibility index (Phi) is 3.31. The molecule has 1 aliphatic rings. The zero-order valence-corrected chi connectivity index (χ0v) is 10.8. The number of hydrogen-bond donors (Lipinski definition) is 1. The molecule has 1 fully saturated rings. The molecule has 1 amide bonds. The van der Waals surface area contributed by atoms with Crippen LogP contribution in [-0.4, -0.2) is 24.5 Å². The van der Waals surface area contributed by atoms with E-state index in [0.717, 1.165) is 41.8 Å². The summed E-state index contributed by atoms with van der Waals surface area (Å²) < 4.78 is 0. The number of fused-ring (bicyclic) bond motifs is 1. The molecule has 1 aromatic carbocycles. The van der Waals surface area contributed by atoms with Crippen molar-refractivity contribution in [1.82, 2.24) is 4.98 Å². The summed E-state index contributed by atoms with van der Waals surface area (Å²) in [7, 11) is 0. The number of hydrogen-bond acceptors (Lipinski definition) is 3. The van der Waals surface area contributed by atoms with Gasteiger partial charge in [0.25, 0.3) is 0 Å². The molecule has 2 heterocycles. The summed E-state index contributed by atoms with van der Waals surface area (Å²) >= 11 is 0. The highest BCUT2D eigenvalue weighted by molar-refractivity contribution is 6.00. The van der Waals surface area contributed by atoms with Gasteiger partial charge in [0.1, 0.15) is 0 Å². The number of rotatable bonds is 3. The molecule has 4 heteroatoms. The number of nitrogens with one attached hydrogen (secondary N) is 1. The van der Waals surface area contributed by atoms with Gasteiger partial charge >= 0.3 is 0 Å². The molecule has 1 aliphatic heterocycles. The van der Waals surface area contributed by atoms with Crippen LogP contribution in [0.3, 0.4) is 0 Å². The number of aromatic nitrogens is 1. The number of amides is 1. The average molecular weight is 255 g/mol. The number of piperidine rings is 1. The largest absolute Gasteiger partial charge is 0.369 e. The van der Waals surface area contributed by atoms with E-state index >= 15 is 0 Å². The fourth-order valence-electron chi connectivity index (χ4n) is 2.75. The molecule has 0 spiro atoms. The van der Waals surface area contributed by atoms with E-state index in [1.807, 2.05) is 18.2 Å². The summed E-state index contributed by atoms with van der Waals surface area (Å²) in [5.41, 5.74) is 2.88. The third-order valence-electron chi connectivity index (χ3n) is 3.63. The van der Waals surface area contributed by atoms with Gasteiger partial charge in [0.05, 0.1) is 23.1 Å². The SMILES string of the molecule is O=CNc1cnc2ccccc2c1N1CCCCC1. The standard InChI is InChI=1S/C15H17N3O/c19-11-17-14-10-16-13-7-3-2-6-12(13)15(14)18-8-4-1-5-9-18/h2-3,6-7,10-11H,1,4-5,8-9H2,(H,17,19). The molecule has 1 N–H and O–H groups in total. The predicted octanol–water partition coefficient (Wildman–Crippen LogP) is 2.79. The van der Waals surface area contributed by atoms with Gasteiger partial charge in [0.2, 0.25) is 6.41 Å². The Morgan fingerprint density at radius 2 is 1.95 bits per heavy atom. The third kappa shape index (κ3) is 2.26. The van der Waals surface area contributed by atoms with Crippen molar-refractivity contribution in [3.63, 3.8) is 0 Å². The maximum atomic E-state index is 10.8. The fourth-order valence-corrected chi connectivity index (χ4v) is 2.75. The Labute approximate surface area is 112 Å². The van der Waals surface area contributed by atoms with Crippen LogP contribution in [0.25, 0.3) is 10.9 Å². The molecule has 2 aromatic rings. The Morgan fingerprint density at radius 3 is 2.74 bits per heavy atom. The van der Waals surface area contributed by atoms with Gasteiger partial charge in [0, 0.05) is 18.5 Å². The highest BCUT2D eigenvalue weighted by atomic mass is 16.1. The fraction of sp³-hybridized carbons (Fsp3) is 0.333. The summed E-state index contributed by atoms with van der Waals surface area (Å²) in [5, 5.41) is 3.89. The van der Waals surface area contributed by atoms with Crippen molar-refractivity contribution in [2.45, 2.75) is 19.3 Å². The number of benzene rings is 1. The van der Waals surface area contributed by atoms with Crippen molar-refractivity contribution in [1.29, 1.82) is 0 Å². The first-order valence-electron chi connectivity index (χ1n) is 6.73. The van der Waals surface area contributed by atoms with E-state index in [2.05, 4.69) is 21.3 Å². The van der Waals surface area contributed by atoms with Crippen LogP contribution < -0.4 is 10.2 Å². The van der Waals surface area contributed by atoms with E-state index in [-0.39, 0.29) is 0 Å². The molecule has 0 aliphatic carbocycles. The van der Waals surface area contributed by atoms with Gasteiger partial charge < -0.3 is 10.2 Å². The molecule has 1 aromatic heterocycles. The molecule has 0 atom stereocenters. The molecule has 4 nitrogen and oxygen atoms in total. The van der Waals surface area contributed by atoms with Crippen LogP contribution in [0.15, 0.2) is 30.5 Å². The van der Waals surface area contributed by atoms with E-state index in [1.54, 1.807) is 6.20 Å². The van der Waals surface area contributed by atoms with Crippen LogP contribution in [-0.2, 0) is 4.79 Å². The molecule has 3 rings (SSSR count). The maximum Gasteiger partial charge on any atom is 0.211 e. The van der Waals surface area contributed by atoms with Crippen molar-refractivity contribution in [2.24, 2.45) is 0 Å². The van der Waals surface area contributed by atoms with Gasteiger partial charge in [0.15, 0.2) is 0 Å². The van der Waals surface area contributed by atoms with E-state index in [1.165, 1.54) is 19.3 Å². The van der Waals surface area contributed by atoms with Crippen molar-refractivity contribution in [3.8, 4) is 0 Å². The summed E-state index contributed by atoms with van der Waals surface area (Å²) in [5.74, 6) is 0. The molecular weight excluding hydrogens is 238 g/mol. The maximum absolute atomic E-state index is 10.8. The molecule has 0 radical (unpaired) electrons. The zero-order valence-electron chi connectivity index (χ0n) is 10.8. The van der Waals surface area contributed by atoms with Gasteiger partial charge in [-0.3, -0.25) is 9.78 Å². The summed E-state index contributed by atoms with van der Waals surface area (Å²) in [6.45, 7) is 2.09. The second kappa shape index (κ2) is 5.26. The summed E-state index contributed by atoms with van der Waals surface area (Å²) in [6, 6.07) is 8.08. The van der Waals surface area contributed by atoms with Crippen molar-refractivity contribution < 1.29 is 4.79 Å². The minimum Gasteiger partial charge on any atom is -0.369 e. The van der Waals surface area contributed by atoms with E-state index in [4.69, 9.17) is 0 Å². The number of nitrogens with zero attached hydrogens (tertiary/aromatic N) is 2. The predicted molar refractivity (Wildman–Crippen MR) is 77.5 cm³/mol. The topological polar surface area (TPSA) is 45.2 Å². The second-order valence-corrected chi connectivity index (χ2v) is 4.85. The summed E-state index contributed by atoms with van der Waals surface area (Å²) in [6.07, 6.45) is 6.17. The van der Waals surface area contributed by atoms with Gasteiger partial charge in [-0.05, 0) is 25.3 Å². The van der Waals surface area contributed by atoms with E-state index in [0.29, 0.717) is 0 Å². The van der Waals surface area contributed by atoms with Crippen LogP contribution in [0.5, 0.6) is 0 Å². The first-order chi connectivity index (χ1) is 9.40. The quantitative estimate of drug-likeness (QED) is 0.858. The van der Waals surface area contributed by atoms with Crippen LogP contribution in [0.4, 0.5) is 11.4 Å². The highest BCUT2D eigenvalue weighted by Gasteiger charge is 2.17. The molecular formula is C15H17N3O. The van der Waals surface area contributed by atoms with Gasteiger partial charge in [-0.1, -0.05) is 18.2 Å². The van der Waals surface area contributed by atoms with Crippen molar-refractivity contribution >= 4 is 28.7 Å². The molecule has 1 saturated heterocycles. The first-order valence-corrected chi connectivity index (χ1v) is 6.73. The summed E-state index contributed by atoms with van der Waals surface area (Å²) in [4.78, 5) is 17.6. The second-order valence-electron chi connectivity index (χ2n) is 4.85. The minimum absolute atomic E-state index is 0.721. The van der Waals surface area contributed by atoms with Crippen LogP contribution in [0.1, 0.15) is 19.3 Å². The number of anilines is 2. The lowest BCUT2D eigenvalue weighted by molar-refractivity contribution is -0.105. The van der Waals surface area contributed by atoms with Crippen LogP contribution in [0.2, 0.25) is 0 Å². The molecule has 98 valence electrons. The lowest BCUT2D eigenvalue weighted by Gasteiger charge is -2.31. The number of pyridine rings is 1. The lowest BCUT2D eigenvalue weighted by atomic mass is 10.1. The van der Waals surface area contributed by atoms with E-state index < -0.39 is 0 Å². The van der Waals surface area contributed by atoms with Gasteiger partial charge in [-0.15, -0.1) is 0 Å². The Morgan fingerprint density at radius 1 is 1.16 bits per heavy atom. The minimum atomic E-state index is 0.721. The highest BCUT2D eigenvalue weighted by Crippen LogP contribution is 2.34. The average Bonchev–Trinajstić information content (AvgIpc) is 2.48. The number of carbonyl (C=O) groups is 1. The smallest absolute Gasteiger partial charge is 0.211 e. The Bertz CT molecular complexity index is 591. The van der Waals surface area contributed by atoms with Gasteiger partial charge in [-0.2, -0.15) is 0 Å². The molecule has 0 bridgehead atoms. The first kappa shape index (κ1) is 12.0.